The minimum absolute atomic E-state index is 0.440. The van der Waals surface area contributed by atoms with Crippen LogP contribution < -0.4 is 0 Å². The number of halogens is 1. The highest BCUT2D eigenvalue weighted by Gasteiger charge is 2.27. The van der Waals surface area contributed by atoms with Crippen molar-refractivity contribution in [2.24, 2.45) is 0 Å². The van der Waals surface area contributed by atoms with Crippen molar-refractivity contribution < 1.29 is 30.4 Å². The molecule has 1 amide bonds. The Kier molecular flexibility index (Phi) is 1.62. The maximum absolute atomic E-state index is 14.1. The molecule has 1 fully saturated rings. The summed E-state index contributed by atoms with van der Waals surface area (Å²) in [5, 5.41) is 0. The molecule has 1 saturated heterocycles. The second-order valence-electron chi connectivity index (χ2n) is 4.80. The smallest absolute Gasteiger partial charge is 0.410 e. The molecule has 0 bridgehead atoms. The van der Waals surface area contributed by atoms with Crippen molar-refractivity contribution in [1.82, 2.24) is 9.88 Å². The van der Waals surface area contributed by atoms with E-state index in [1.807, 2.05) is 0 Å². The first kappa shape index (κ1) is 5.62. The third-order valence-corrected chi connectivity index (χ3v) is 1.97. The number of aromatic nitrogens is 1. The fraction of sp³-hybridized carbons (Fsp3) is 0.600. The van der Waals surface area contributed by atoms with Crippen LogP contribution in [0.1, 0.15) is 61.4 Å². The van der Waals surface area contributed by atoms with Gasteiger partial charge in [0.2, 0.25) is 5.95 Å². The zero-order chi connectivity index (χ0) is 25.5. The number of hydrogen-bond donors (Lipinski definition) is 0. The van der Waals surface area contributed by atoms with Gasteiger partial charge in [0.05, 0.1) is 4.11 Å². The van der Waals surface area contributed by atoms with E-state index in [1.54, 1.807) is 0 Å². The molecule has 0 unspecified atom stereocenters. The second kappa shape index (κ2) is 5.77. The van der Waals surface area contributed by atoms with Crippen LogP contribution in [0, 0.1) is 5.95 Å². The zero-order valence-electron chi connectivity index (χ0n) is 23.1. The van der Waals surface area contributed by atoms with Crippen molar-refractivity contribution in [3.63, 3.8) is 0 Å². The fourth-order valence-corrected chi connectivity index (χ4v) is 1.23. The van der Waals surface area contributed by atoms with Gasteiger partial charge < -0.3 is 9.64 Å². The summed E-state index contributed by atoms with van der Waals surface area (Å²) in [5.41, 5.74) is -2.73. The van der Waals surface area contributed by atoms with Gasteiger partial charge in [0.25, 0.3) is 0 Å². The molecule has 0 aliphatic carbocycles. The molecule has 110 valence electrons. The largest absolute Gasteiger partial charge is 0.444 e. The van der Waals surface area contributed by atoms with Gasteiger partial charge in [-0.25, -0.2) is 9.78 Å². The molecule has 20 heavy (non-hydrogen) atoms. The van der Waals surface area contributed by atoms with Crippen molar-refractivity contribution in [1.29, 1.82) is 0 Å². The summed E-state index contributed by atoms with van der Waals surface area (Å²) < 4.78 is 117. The van der Waals surface area contributed by atoms with Gasteiger partial charge in [-0.2, -0.15) is 4.39 Å². The third-order valence-electron chi connectivity index (χ3n) is 1.97. The van der Waals surface area contributed by atoms with Crippen molar-refractivity contribution >= 4 is 6.09 Å². The quantitative estimate of drug-likeness (QED) is 0.746. The molecule has 1 aliphatic heterocycles. The van der Waals surface area contributed by atoms with Crippen LogP contribution in [0.4, 0.5) is 9.18 Å². The second-order valence-corrected chi connectivity index (χ2v) is 4.80. The van der Waals surface area contributed by atoms with Crippen molar-refractivity contribution in [3.8, 4) is 0 Å². The monoisotopic (exact) mass is 292 g/mol. The average molecular weight is 292 g/mol. The minimum Gasteiger partial charge on any atom is -0.444 e. The van der Waals surface area contributed by atoms with E-state index in [4.69, 9.17) is 21.2 Å². The van der Waals surface area contributed by atoms with E-state index in [0.717, 1.165) is 0 Å². The summed E-state index contributed by atoms with van der Waals surface area (Å²) in [4.78, 5) is 15.2. The summed E-state index contributed by atoms with van der Waals surface area (Å²) in [6.45, 7) is -3.54. The number of rotatable bonds is 1. The van der Waals surface area contributed by atoms with E-state index in [9.17, 15) is 9.18 Å². The number of carbonyl (C=O) groups excluding carboxylic acids is 1. The van der Waals surface area contributed by atoms with Crippen LogP contribution in [0.3, 0.4) is 0 Å². The molecule has 0 spiro atoms. The van der Waals surface area contributed by atoms with Crippen LogP contribution in [0.15, 0.2) is 18.3 Å². The molecule has 1 aliphatic rings. The van der Waals surface area contributed by atoms with Gasteiger partial charge in [-0.05, 0) is 57.1 Å². The molecule has 0 atom stereocenters. The number of ether oxygens (including phenoxy) is 1. The van der Waals surface area contributed by atoms with Gasteiger partial charge in [-0.15, -0.1) is 0 Å². The number of pyridine rings is 1. The Morgan fingerprint density at radius 3 is 2.85 bits per heavy atom. The van der Waals surface area contributed by atoms with Crippen LogP contribution in [0.25, 0.3) is 0 Å². The van der Waals surface area contributed by atoms with Gasteiger partial charge in [0.15, 0.2) is 0 Å². The number of carbonyl (C=O) groups is 1. The summed E-state index contributed by atoms with van der Waals surface area (Å²) in [6, 6.07) is -2.72. The van der Waals surface area contributed by atoms with Crippen LogP contribution >= 0.6 is 0 Å². The number of piperidine rings is 1. The molecule has 2 rings (SSSR count). The molecular formula is C15H21FN2O2. The maximum atomic E-state index is 14.1. The fourth-order valence-electron chi connectivity index (χ4n) is 1.23. The molecule has 4 nitrogen and oxygen atoms in total. The molecule has 1 aromatic heterocycles. The lowest BCUT2D eigenvalue weighted by atomic mass is 9.90. The Morgan fingerprint density at radius 1 is 1.60 bits per heavy atom. The highest BCUT2D eigenvalue weighted by molar-refractivity contribution is 5.68. The molecule has 0 saturated carbocycles. The first-order chi connectivity index (χ1) is 14.0. The number of amides is 1. The molecule has 1 aromatic rings. The van der Waals surface area contributed by atoms with E-state index in [2.05, 4.69) is 4.98 Å². The average Bonchev–Trinajstić information content (AvgIpc) is 2.56. The van der Waals surface area contributed by atoms with Crippen LogP contribution in [-0.2, 0) is 4.74 Å². The summed E-state index contributed by atoms with van der Waals surface area (Å²) >= 11 is 0. The summed E-state index contributed by atoms with van der Waals surface area (Å²) in [5.74, 6) is -5.57. The topological polar surface area (TPSA) is 42.4 Å². The Morgan fingerprint density at radius 2 is 2.25 bits per heavy atom. The molecule has 0 aromatic carbocycles. The Balaban J connectivity index is 2.97. The minimum atomic E-state index is -3.89. The first-order valence-electron chi connectivity index (χ1n) is 11.7. The van der Waals surface area contributed by atoms with Crippen LogP contribution in [0.5, 0.6) is 0 Å². The highest BCUT2D eigenvalue weighted by atomic mass is 19.1. The highest BCUT2D eigenvalue weighted by Crippen LogP contribution is 2.28. The SMILES string of the molecule is [2H]c1nc(F)c([2H])c(C2([2H])C([2H])([2H])C([2H])([2H])N(C(=O)OC(C)(C)C)C([2H])([2H])C2([2H])[2H])c1[2H]. The molecule has 0 N–H and O–H groups in total. The van der Waals surface area contributed by atoms with E-state index in [-0.39, 0.29) is 0 Å². The van der Waals surface area contributed by atoms with E-state index in [0.29, 0.717) is 0 Å². The number of likely N-dealkylation sites (tertiary alicyclic amines) is 1. The normalized spacial score (nSPS) is 37.5. The maximum Gasteiger partial charge on any atom is 0.410 e. The first-order valence-corrected chi connectivity index (χ1v) is 5.67. The van der Waals surface area contributed by atoms with Crippen molar-refractivity contribution in [2.45, 2.75) is 45.0 Å². The van der Waals surface area contributed by atoms with E-state index in [1.165, 1.54) is 20.8 Å². The van der Waals surface area contributed by atoms with Crippen LogP contribution in [-0.4, -0.2) is 34.6 Å². The van der Waals surface area contributed by atoms with E-state index < -0.39 is 78.0 Å². The lowest BCUT2D eigenvalue weighted by Gasteiger charge is -2.33. The Hall–Kier alpha value is -1.65. The zero-order valence-corrected chi connectivity index (χ0v) is 11.1. The van der Waals surface area contributed by atoms with Gasteiger partial charge in [0.1, 0.15) is 5.60 Å². The van der Waals surface area contributed by atoms with Crippen molar-refractivity contribution in [2.75, 3.05) is 13.0 Å². The third kappa shape index (κ3) is 3.92. The van der Waals surface area contributed by atoms with Gasteiger partial charge in [-0.1, -0.05) is 0 Å². The Labute approximate surface area is 135 Å². The number of nitrogens with zero attached hydrogens (tertiary/aromatic N) is 2. The van der Waals surface area contributed by atoms with E-state index >= 15 is 0 Å². The number of hydrogen-bond acceptors (Lipinski definition) is 3. The van der Waals surface area contributed by atoms with Gasteiger partial charge >= 0.3 is 6.09 Å². The predicted molar refractivity (Wildman–Crippen MR) is 74.0 cm³/mol. The molecule has 5 heteroatoms. The molecule has 2 heterocycles. The van der Waals surface area contributed by atoms with Crippen molar-refractivity contribution in [3.05, 3.63) is 29.8 Å². The Bertz CT molecular complexity index is 908. The standard InChI is InChI=1S/C15H21FN2O2/c1-15(2,3)20-14(19)18-8-5-11(6-9-18)12-4-7-17-13(16)10-12/h4,7,10-11H,5-6,8-9H2,1-3H3/i4D,5D2,6D2,7D,8D2,9D2,10D,11D. The molecular weight excluding hydrogens is 259 g/mol. The van der Waals surface area contributed by atoms with Crippen LogP contribution in [0.2, 0.25) is 0 Å². The predicted octanol–water partition coefficient (Wildman–Crippen LogP) is 3.34. The lowest BCUT2D eigenvalue weighted by molar-refractivity contribution is 0.0204. The van der Waals surface area contributed by atoms with Gasteiger partial charge in [0, 0.05) is 31.5 Å². The molecule has 0 radical (unpaired) electrons. The summed E-state index contributed by atoms with van der Waals surface area (Å²) in [7, 11) is 0. The lowest BCUT2D eigenvalue weighted by Crippen LogP contribution is -2.41. The van der Waals surface area contributed by atoms with Gasteiger partial charge in [-0.3, -0.25) is 0 Å². The summed E-state index contributed by atoms with van der Waals surface area (Å²) in [6.07, 6.45) is -10.7.